The van der Waals surface area contributed by atoms with Crippen molar-refractivity contribution in [2.45, 2.75) is 39.0 Å². The van der Waals surface area contributed by atoms with E-state index >= 15 is 0 Å². The van der Waals surface area contributed by atoms with Gasteiger partial charge in [-0.05, 0) is 38.5 Å². The van der Waals surface area contributed by atoms with Crippen molar-refractivity contribution in [3.63, 3.8) is 0 Å². The van der Waals surface area contributed by atoms with Crippen LogP contribution in [0.25, 0.3) is 0 Å². The number of aliphatic hydroxyl groups excluding tert-OH is 1. The second kappa shape index (κ2) is 5.98. The number of rotatable bonds is 5. The van der Waals surface area contributed by atoms with Crippen LogP contribution in [0.15, 0.2) is 24.3 Å². The Morgan fingerprint density at radius 1 is 1.33 bits per heavy atom. The molecular formula is C14H22N2O2. The van der Waals surface area contributed by atoms with Crippen LogP contribution in [0.1, 0.15) is 36.7 Å². The monoisotopic (exact) mass is 250 g/mol. The maximum absolute atomic E-state index is 11.4. The van der Waals surface area contributed by atoms with Gasteiger partial charge < -0.3 is 15.7 Å². The van der Waals surface area contributed by atoms with Crippen molar-refractivity contribution >= 4 is 5.91 Å². The average molecular weight is 250 g/mol. The molecule has 18 heavy (non-hydrogen) atoms. The number of benzene rings is 1. The Hall–Kier alpha value is -1.39. The lowest BCUT2D eigenvalue weighted by Gasteiger charge is -2.29. The van der Waals surface area contributed by atoms with Crippen molar-refractivity contribution in [1.29, 1.82) is 0 Å². The summed E-state index contributed by atoms with van der Waals surface area (Å²) < 4.78 is 0. The third-order valence-electron chi connectivity index (χ3n) is 3.24. The van der Waals surface area contributed by atoms with Gasteiger partial charge in [0.05, 0.1) is 6.10 Å². The molecule has 1 rings (SSSR count). The smallest absolute Gasteiger partial charge is 0.251 e. The fourth-order valence-electron chi connectivity index (χ4n) is 1.40. The largest absolute Gasteiger partial charge is 0.392 e. The number of hydrogen-bond acceptors (Lipinski definition) is 3. The maximum Gasteiger partial charge on any atom is 0.251 e. The zero-order chi connectivity index (χ0) is 13.8. The Labute approximate surface area is 108 Å². The van der Waals surface area contributed by atoms with E-state index in [2.05, 4.69) is 10.6 Å². The van der Waals surface area contributed by atoms with Crippen molar-refractivity contribution < 1.29 is 9.90 Å². The highest BCUT2D eigenvalue weighted by Gasteiger charge is 2.22. The molecule has 0 aromatic heterocycles. The summed E-state index contributed by atoms with van der Waals surface area (Å²) in [4.78, 5) is 11.4. The van der Waals surface area contributed by atoms with Crippen LogP contribution in [0.4, 0.5) is 0 Å². The van der Waals surface area contributed by atoms with E-state index in [1.165, 1.54) is 0 Å². The number of carbonyl (C=O) groups excluding carboxylic acids is 1. The van der Waals surface area contributed by atoms with Crippen molar-refractivity contribution in [1.82, 2.24) is 10.6 Å². The van der Waals surface area contributed by atoms with Gasteiger partial charge in [-0.3, -0.25) is 4.79 Å². The first kappa shape index (κ1) is 14.7. The third-order valence-corrected chi connectivity index (χ3v) is 3.24. The van der Waals surface area contributed by atoms with E-state index in [1.807, 2.05) is 26.0 Å². The molecule has 0 saturated carbocycles. The molecule has 1 aromatic rings. The predicted molar refractivity (Wildman–Crippen MR) is 72.4 cm³/mol. The van der Waals surface area contributed by atoms with Crippen LogP contribution in [-0.4, -0.2) is 29.7 Å². The minimum absolute atomic E-state index is 0.0844. The number of aliphatic hydroxyl groups is 1. The van der Waals surface area contributed by atoms with Gasteiger partial charge in [-0.1, -0.05) is 12.1 Å². The van der Waals surface area contributed by atoms with Gasteiger partial charge in [0, 0.05) is 24.7 Å². The van der Waals surface area contributed by atoms with Crippen molar-refractivity contribution in [3.8, 4) is 0 Å². The van der Waals surface area contributed by atoms with Crippen LogP contribution in [0.3, 0.4) is 0 Å². The van der Waals surface area contributed by atoms with Gasteiger partial charge in [-0.15, -0.1) is 0 Å². The lowest BCUT2D eigenvalue weighted by atomic mass is 9.98. The number of hydrogen-bond donors (Lipinski definition) is 3. The highest BCUT2D eigenvalue weighted by molar-refractivity contribution is 5.93. The molecule has 0 aliphatic heterocycles. The molecule has 4 nitrogen and oxygen atoms in total. The van der Waals surface area contributed by atoms with Gasteiger partial charge in [0.2, 0.25) is 0 Å². The lowest BCUT2D eigenvalue weighted by molar-refractivity contribution is 0.0956. The zero-order valence-electron chi connectivity index (χ0n) is 11.4. The molecule has 0 radical (unpaired) electrons. The Morgan fingerprint density at radius 2 is 1.89 bits per heavy atom. The molecule has 4 heteroatoms. The first-order valence-corrected chi connectivity index (χ1v) is 6.11. The van der Waals surface area contributed by atoms with E-state index in [1.54, 1.807) is 26.1 Å². The summed E-state index contributed by atoms with van der Waals surface area (Å²) in [5.41, 5.74) is 1.40. The van der Waals surface area contributed by atoms with Crippen molar-refractivity contribution in [3.05, 3.63) is 35.4 Å². The molecule has 1 aromatic carbocycles. The third kappa shape index (κ3) is 3.82. The Morgan fingerprint density at radius 3 is 2.33 bits per heavy atom. The number of nitrogens with one attached hydrogen (secondary N) is 2. The van der Waals surface area contributed by atoms with Gasteiger partial charge in [0.15, 0.2) is 0 Å². The van der Waals surface area contributed by atoms with Crippen molar-refractivity contribution in [2.24, 2.45) is 0 Å². The van der Waals surface area contributed by atoms with E-state index in [0.29, 0.717) is 12.1 Å². The van der Waals surface area contributed by atoms with Crippen LogP contribution < -0.4 is 10.6 Å². The lowest BCUT2D eigenvalue weighted by Crippen LogP contribution is -2.47. The highest BCUT2D eigenvalue weighted by Crippen LogP contribution is 2.11. The molecular weight excluding hydrogens is 228 g/mol. The van der Waals surface area contributed by atoms with Gasteiger partial charge >= 0.3 is 0 Å². The minimum atomic E-state index is -0.428. The first-order valence-electron chi connectivity index (χ1n) is 6.11. The van der Waals surface area contributed by atoms with Crippen LogP contribution in [0.5, 0.6) is 0 Å². The van der Waals surface area contributed by atoms with E-state index in [9.17, 15) is 9.90 Å². The van der Waals surface area contributed by atoms with Gasteiger partial charge in [0.25, 0.3) is 5.91 Å². The maximum atomic E-state index is 11.4. The normalized spacial score (nSPS) is 13.2. The molecule has 3 N–H and O–H groups in total. The van der Waals surface area contributed by atoms with Crippen LogP contribution in [-0.2, 0) is 6.54 Å². The Bertz CT molecular complexity index is 397. The highest BCUT2D eigenvalue weighted by atomic mass is 16.3. The van der Waals surface area contributed by atoms with E-state index < -0.39 is 6.10 Å². The molecule has 0 saturated heterocycles. The minimum Gasteiger partial charge on any atom is -0.392 e. The predicted octanol–water partition coefficient (Wildman–Crippen LogP) is 1.30. The van der Waals surface area contributed by atoms with Crippen molar-refractivity contribution in [2.75, 3.05) is 7.05 Å². The molecule has 1 atom stereocenters. The summed E-state index contributed by atoms with van der Waals surface area (Å²) in [6, 6.07) is 7.42. The first-order chi connectivity index (χ1) is 8.36. The molecule has 0 bridgehead atoms. The summed E-state index contributed by atoms with van der Waals surface area (Å²) in [5.74, 6) is -0.0844. The van der Waals surface area contributed by atoms with E-state index in [4.69, 9.17) is 0 Å². The van der Waals surface area contributed by atoms with Crippen LogP contribution >= 0.6 is 0 Å². The summed E-state index contributed by atoms with van der Waals surface area (Å²) in [6.07, 6.45) is -0.428. The standard InChI is InChI=1S/C14H22N2O2/c1-10(17)14(2,3)16-9-11-5-7-12(8-6-11)13(18)15-4/h5-8,10,16-17H,9H2,1-4H3,(H,15,18). The molecule has 0 aliphatic carbocycles. The topological polar surface area (TPSA) is 61.4 Å². The summed E-state index contributed by atoms with van der Waals surface area (Å²) in [7, 11) is 1.61. The SMILES string of the molecule is CNC(=O)c1ccc(CNC(C)(C)C(C)O)cc1. The molecule has 0 spiro atoms. The Kier molecular flexibility index (Phi) is 4.87. The van der Waals surface area contributed by atoms with Gasteiger partial charge in [0.1, 0.15) is 0 Å². The van der Waals surface area contributed by atoms with E-state index in [-0.39, 0.29) is 11.4 Å². The fraction of sp³-hybridized carbons (Fsp3) is 0.500. The zero-order valence-corrected chi connectivity index (χ0v) is 11.4. The number of amides is 1. The van der Waals surface area contributed by atoms with Gasteiger partial charge in [-0.2, -0.15) is 0 Å². The van der Waals surface area contributed by atoms with E-state index in [0.717, 1.165) is 5.56 Å². The summed E-state index contributed by atoms with van der Waals surface area (Å²) in [6.45, 7) is 6.33. The number of carbonyl (C=O) groups is 1. The average Bonchev–Trinajstić information content (AvgIpc) is 2.36. The second-order valence-corrected chi connectivity index (χ2v) is 5.03. The quantitative estimate of drug-likeness (QED) is 0.738. The Balaban J connectivity index is 2.62. The van der Waals surface area contributed by atoms with Crippen LogP contribution in [0.2, 0.25) is 0 Å². The summed E-state index contributed by atoms with van der Waals surface area (Å²) >= 11 is 0. The second-order valence-electron chi connectivity index (χ2n) is 5.03. The molecule has 1 amide bonds. The molecule has 0 heterocycles. The fourth-order valence-corrected chi connectivity index (χ4v) is 1.40. The molecule has 0 aliphatic rings. The molecule has 1 unspecified atom stereocenters. The van der Waals surface area contributed by atoms with Crippen LogP contribution in [0, 0.1) is 0 Å². The van der Waals surface area contributed by atoms with Gasteiger partial charge in [-0.25, -0.2) is 0 Å². The molecule has 0 fully saturated rings. The summed E-state index contributed by atoms with van der Waals surface area (Å²) in [5, 5.41) is 15.5. The molecule has 100 valence electrons.